The summed E-state index contributed by atoms with van der Waals surface area (Å²) in [7, 11) is 0. The second-order valence-electron chi connectivity index (χ2n) is 6.36. The SMILES string of the molecule is CC(C)(C)c1cc(CNC(=O)[C@@H]2CCC(=O)NC(=O)N2)[nH]n1. The minimum absolute atomic E-state index is 0.0694. The number of hydrogen-bond acceptors (Lipinski definition) is 4. The van der Waals surface area contributed by atoms with Gasteiger partial charge in [-0.1, -0.05) is 20.8 Å². The average Bonchev–Trinajstić information content (AvgIpc) is 2.82. The van der Waals surface area contributed by atoms with E-state index in [2.05, 4.69) is 46.9 Å². The van der Waals surface area contributed by atoms with Crippen LogP contribution < -0.4 is 16.0 Å². The number of nitrogens with one attached hydrogen (secondary N) is 4. The van der Waals surface area contributed by atoms with Crippen molar-refractivity contribution in [2.75, 3.05) is 0 Å². The van der Waals surface area contributed by atoms with Crippen molar-refractivity contribution in [2.45, 2.75) is 51.6 Å². The molecule has 8 nitrogen and oxygen atoms in total. The number of rotatable bonds is 3. The maximum atomic E-state index is 12.1. The van der Waals surface area contributed by atoms with E-state index in [4.69, 9.17) is 0 Å². The average molecular weight is 307 g/mol. The minimum Gasteiger partial charge on any atom is -0.349 e. The molecule has 0 aromatic carbocycles. The monoisotopic (exact) mass is 307 g/mol. The number of aromatic amines is 1. The van der Waals surface area contributed by atoms with Crippen LogP contribution in [0.25, 0.3) is 0 Å². The number of H-pyrrole nitrogens is 1. The lowest BCUT2D eigenvalue weighted by molar-refractivity contribution is -0.123. The smallest absolute Gasteiger partial charge is 0.322 e. The van der Waals surface area contributed by atoms with Gasteiger partial charge in [-0.15, -0.1) is 0 Å². The minimum atomic E-state index is -0.712. The molecule has 1 aliphatic rings. The van der Waals surface area contributed by atoms with Crippen LogP contribution in [-0.4, -0.2) is 34.1 Å². The fourth-order valence-electron chi connectivity index (χ4n) is 2.07. The molecular formula is C14H21N5O3. The van der Waals surface area contributed by atoms with E-state index in [0.717, 1.165) is 11.4 Å². The van der Waals surface area contributed by atoms with Crippen LogP contribution in [-0.2, 0) is 21.5 Å². The van der Waals surface area contributed by atoms with Crippen molar-refractivity contribution in [1.29, 1.82) is 0 Å². The zero-order valence-electron chi connectivity index (χ0n) is 12.9. The summed E-state index contributed by atoms with van der Waals surface area (Å²) in [5.74, 6) is -0.701. The number of carbonyl (C=O) groups excluding carboxylic acids is 3. The number of hydrogen-bond donors (Lipinski definition) is 4. The molecule has 8 heteroatoms. The Balaban J connectivity index is 1.91. The number of carbonyl (C=O) groups is 3. The van der Waals surface area contributed by atoms with Crippen LogP contribution in [0.2, 0.25) is 0 Å². The molecule has 2 heterocycles. The number of amides is 4. The van der Waals surface area contributed by atoms with Crippen molar-refractivity contribution in [3.63, 3.8) is 0 Å². The predicted molar refractivity (Wildman–Crippen MR) is 78.8 cm³/mol. The van der Waals surface area contributed by atoms with Crippen molar-refractivity contribution < 1.29 is 14.4 Å². The maximum Gasteiger partial charge on any atom is 0.322 e. The van der Waals surface area contributed by atoms with Crippen LogP contribution in [0.15, 0.2) is 6.07 Å². The highest BCUT2D eigenvalue weighted by Crippen LogP contribution is 2.20. The first-order valence-electron chi connectivity index (χ1n) is 7.18. The standard InChI is InChI=1S/C14H21N5O3/c1-14(2,3)10-6-8(18-19-10)7-15-12(21)9-4-5-11(20)17-13(22)16-9/h6,9H,4-5,7H2,1-3H3,(H,15,21)(H,18,19)(H2,16,17,20,22)/t9-/m0/s1. The summed E-state index contributed by atoms with van der Waals surface area (Å²) >= 11 is 0. The molecule has 1 atom stereocenters. The summed E-state index contributed by atoms with van der Waals surface area (Å²) in [5, 5.41) is 14.4. The third kappa shape index (κ3) is 4.06. The molecule has 2 rings (SSSR count). The summed E-state index contributed by atoms with van der Waals surface area (Å²) in [6.45, 7) is 6.44. The van der Waals surface area contributed by atoms with Crippen molar-refractivity contribution in [1.82, 2.24) is 26.1 Å². The highest BCUT2D eigenvalue weighted by molar-refractivity contribution is 5.98. The molecule has 1 aliphatic heterocycles. The summed E-state index contributed by atoms with van der Waals surface area (Å²) in [4.78, 5) is 34.7. The van der Waals surface area contributed by atoms with E-state index < -0.39 is 12.1 Å². The molecule has 0 saturated carbocycles. The van der Waals surface area contributed by atoms with Gasteiger partial charge in [-0.05, 0) is 12.5 Å². The zero-order valence-corrected chi connectivity index (χ0v) is 12.9. The summed E-state index contributed by atoms with van der Waals surface area (Å²) < 4.78 is 0. The van der Waals surface area contributed by atoms with E-state index in [0.29, 0.717) is 0 Å². The Morgan fingerprint density at radius 1 is 1.41 bits per heavy atom. The largest absolute Gasteiger partial charge is 0.349 e. The molecule has 1 aromatic heterocycles. The van der Waals surface area contributed by atoms with Gasteiger partial charge in [0, 0.05) is 11.8 Å². The zero-order chi connectivity index (χ0) is 16.3. The molecule has 120 valence electrons. The first-order valence-corrected chi connectivity index (χ1v) is 7.18. The van der Waals surface area contributed by atoms with Gasteiger partial charge >= 0.3 is 6.03 Å². The van der Waals surface area contributed by atoms with Gasteiger partial charge in [-0.2, -0.15) is 5.10 Å². The van der Waals surface area contributed by atoms with Gasteiger partial charge in [0.15, 0.2) is 0 Å². The summed E-state index contributed by atoms with van der Waals surface area (Å²) in [5.41, 5.74) is 1.63. The predicted octanol–water partition coefficient (Wildman–Crippen LogP) is 0.312. The molecule has 22 heavy (non-hydrogen) atoms. The van der Waals surface area contributed by atoms with E-state index in [9.17, 15) is 14.4 Å². The lowest BCUT2D eigenvalue weighted by Gasteiger charge is -2.14. The molecule has 0 spiro atoms. The molecule has 4 N–H and O–H groups in total. The highest BCUT2D eigenvalue weighted by atomic mass is 16.2. The fourth-order valence-corrected chi connectivity index (χ4v) is 2.07. The van der Waals surface area contributed by atoms with E-state index in [1.165, 1.54) is 0 Å². The third-order valence-corrected chi connectivity index (χ3v) is 3.39. The van der Waals surface area contributed by atoms with Gasteiger partial charge in [0.1, 0.15) is 6.04 Å². The normalized spacial score (nSPS) is 19.1. The molecule has 1 aromatic rings. The summed E-state index contributed by atoms with van der Waals surface area (Å²) in [6, 6.07) is 0.549. The Kier molecular flexibility index (Phi) is 4.48. The van der Waals surface area contributed by atoms with Crippen LogP contribution in [0.4, 0.5) is 4.79 Å². The fraction of sp³-hybridized carbons (Fsp3) is 0.571. The topological polar surface area (TPSA) is 116 Å². The Hall–Kier alpha value is -2.38. The van der Waals surface area contributed by atoms with Crippen molar-refractivity contribution in [2.24, 2.45) is 0 Å². The summed E-state index contributed by atoms with van der Waals surface area (Å²) in [6.07, 6.45) is 0.411. The molecule has 0 radical (unpaired) electrons. The number of imide groups is 1. The van der Waals surface area contributed by atoms with Crippen LogP contribution in [0.5, 0.6) is 0 Å². The molecular weight excluding hydrogens is 286 g/mol. The van der Waals surface area contributed by atoms with Gasteiger partial charge in [0.25, 0.3) is 0 Å². The van der Waals surface area contributed by atoms with Gasteiger partial charge in [-0.3, -0.25) is 20.0 Å². The molecule has 4 amide bonds. The van der Waals surface area contributed by atoms with E-state index in [-0.39, 0.29) is 36.6 Å². The van der Waals surface area contributed by atoms with E-state index in [1.54, 1.807) is 0 Å². The van der Waals surface area contributed by atoms with Crippen molar-refractivity contribution in [3.8, 4) is 0 Å². The van der Waals surface area contributed by atoms with Gasteiger partial charge in [-0.25, -0.2) is 4.79 Å². The number of nitrogens with zero attached hydrogens (tertiary/aromatic N) is 1. The Bertz CT molecular complexity index is 588. The molecule has 0 bridgehead atoms. The van der Waals surface area contributed by atoms with Crippen molar-refractivity contribution >= 4 is 17.8 Å². The quantitative estimate of drug-likeness (QED) is 0.643. The number of urea groups is 1. The van der Waals surface area contributed by atoms with Crippen LogP contribution in [0.3, 0.4) is 0 Å². The molecule has 1 fully saturated rings. The number of aromatic nitrogens is 2. The molecule has 0 aliphatic carbocycles. The van der Waals surface area contributed by atoms with Crippen LogP contribution in [0, 0.1) is 0 Å². The van der Waals surface area contributed by atoms with Crippen LogP contribution in [0.1, 0.15) is 45.0 Å². The second-order valence-corrected chi connectivity index (χ2v) is 6.36. The van der Waals surface area contributed by atoms with Crippen LogP contribution >= 0.6 is 0 Å². The highest BCUT2D eigenvalue weighted by Gasteiger charge is 2.26. The lowest BCUT2D eigenvalue weighted by atomic mass is 9.92. The molecule has 0 unspecified atom stereocenters. The van der Waals surface area contributed by atoms with Gasteiger partial charge < -0.3 is 10.6 Å². The van der Waals surface area contributed by atoms with Gasteiger partial charge in [0.2, 0.25) is 11.8 Å². The second kappa shape index (κ2) is 6.17. The Morgan fingerprint density at radius 2 is 2.14 bits per heavy atom. The maximum absolute atomic E-state index is 12.1. The van der Waals surface area contributed by atoms with E-state index >= 15 is 0 Å². The van der Waals surface area contributed by atoms with Crippen molar-refractivity contribution in [3.05, 3.63) is 17.5 Å². The van der Waals surface area contributed by atoms with Gasteiger partial charge in [0.05, 0.1) is 17.9 Å². The first kappa shape index (κ1) is 16.0. The molecule has 1 saturated heterocycles. The lowest BCUT2D eigenvalue weighted by Crippen LogP contribution is -2.48. The first-order chi connectivity index (χ1) is 10.3. The third-order valence-electron chi connectivity index (χ3n) is 3.39. The Morgan fingerprint density at radius 3 is 2.77 bits per heavy atom. The Labute approximate surface area is 128 Å². The van der Waals surface area contributed by atoms with E-state index in [1.807, 2.05) is 6.07 Å².